The molecule has 0 fully saturated rings. The molecular weight excluding hydrogens is 413 g/mol. The number of amides is 1. The van der Waals surface area contributed by atoms with Crippen molar-refractivity contribution in [3.63, 3.8) is 0 Å². The van der Waals surface area contributed by atoms with Crippen molar-refractivity contribution >= 4 is 34.7 Å². The van der Waals surface area contributed by atoms with Crippen molar-refractivity contribution in [3.8, 4) is 5.75 Å². The van der Waals surface area contributed by atoms with Crippen LogP contribution in [0.5, 0.6) is 5.75 Å². The second-order valence-electron chi connectivity index (χ2n) is 6.76. The van der Waals surface area contributed by atoms with Crippen LogP contribution in [0.2, 0.25) is 0 Å². The molecule has 0 unspecified atom stereocenters. The molecule has 166 valence electrons. The third-order valence-corrected chi connectivity index (χ3v) is 4.33. The van der Waals surface area contributed by atoms with E-state index in [1.165, 1.54) is 12.3 Å². The zero-order valence-corrected chi connectivity index (χ0v) is 17.9. The maximum Gasteiger partial charge on any atom is 0.398 e. The summed E-state index contributed by atoms with van der Waals surface area (Å²) in [4.78, 5) is 15.9. The topological polar surface area (TPSA) is 88.4 Å². The monoisotopic (exact) mass is 438 g/mol. The summed E-state index contributed by atoms with van der Waals surface area (Å²) in [6.45, 7) is 4.40. The fraction of sp³-hybridized carbons (Fsp3) is 0.174. The van der Waals surface area contributed by atoms with E-state index in [0.717, 1.165) is 11.4 Å². The molecule has 1 heterocycles. The largest absolute Gasteiger partial charge is 0.491 e. The van der Waals surface area contributed by atoms with Crippen LogP contribution < -0.4 is 25.3 Å². The van der Waals surface area contributed by atoms with E-state index < -0.39 is 5.82 Å². The van der Waals surface area contributed by atoms with Crippen LogP contribution in [-0.4, -0.2) is 31.2 Å². The Morgan fingerprint density at radius 3 is 2.59 bits per heavy atom. The molecule has 3 aromatic rings. The Bertz CT molecular complexity index is 1090. The Morgan fingerprint density at radius 2 is 1.88 bits per heavy atom. The first-order chi connectivity index (χ1) is 15.5. The van der Waals surface area contributed by atoms with Crippen LogP contribution in [0.25, 0.3) is 0 Å². The lowest BCUT2D eigenvalue weighted by molar-refractivity contribution is -0.660. The molecule has 0 saturated heterocycles. The van der Waals surface area contributed by atoms with Gasteiger partial charge in [-0.1, -0.05) is 12.6 Å². The lowest BCUT2D eigenvalue weighted by atomic mass is 10.2. The smallest absolute Gasteiger partial charge is 0.398 e. The molecule has 0 aliphatic heterocycles. The van der Waals surface area contributed by atoms with Crippen molar-refractivity contribution in [2.75, 3.05) is 36.3 Å². The fourth-order valence-corrected chi connectivity index (χ4v) is 2.75. The second kappa shape index (κ2) is 10.9. The fourth-order valence-electron chi connectivity index (χ4n) is 2.75. The van der Waals surface area contributed by atoms with Crippen molar-refractivity contribution < 1.29 is 23.2 Å². The number of aryl methyl sites for hydroxylation is 1. The highest BCUT2D eigenvalue weighted by Crippen LogP contribution is 2.23. The maximum atomic E-state index is 14.5. The first-order valence-electron chi connectivity index (χ1n) is 9.84. The number of nitrogens with zero attached hydrogens (tertiary/aromatic N) is 2. The molecule has 3 N–H and O–H groups in total. The van der Waals surface area contributed by atoms with Gasteiger partial charge in [-0.25, -0.2) is 9.88 Å². The van der Waals surface area contributed by atoms with E-state index >= 15 is 0 Å². The summed E-state index contributed by atoms with van der Waals surface area (Å²) in [5.41, 5.74) is 1.88. The first kappa shape index (κ1) is 22.7. The highest BCUT2D eigenvalue weighted by molar-refractivity contribution is 5.99. The van der Waals surface area contributed by atoms with Gasteiger partial charge in [0.25, 0.3) is 0 Å². The minimum absolute atomic E-state index is 0.0392. The molecular formula is C23H25FN5O3+. The zero-order chi connectivity index (χ0) is 22.9. The summed E-state index contributed by atoms with van der Waals surface area (Å²) in [6, 6.07) is 14.2. The Balaban J connectivity index is 1.74. The zero-order valence-electron chi connectivity index (χ0n) is 17.9. The number of hydrogen-bond donors (Lipinski definition) is 3. The molecule has 3 rings (SSSR count). The van der Waals surface area contributed by atoms with Gasteiger partial charge in [-0.3, -0.25) is 4.79 Å². The summed E-state index contributed by atoms with van der Waals surface area (Å²) in [7, 11) is 3.31. The van der Waals surface area contributed by atoms with Crippen LogP contribution in [0, 0.1) is 5.82 Å². The molecule has 0 radical (unpaired) electrons. The highest BCUT2D eigenvalue weighted by atomic mass is 19.1. The van der Waals surface area contributed by atoms with Crippen molar-refractivity contribution in [2.24, 2.45) is 7.05 Å². The van der Waals surface area contributed by atoms with Crippen molar-refractivity contribution in [2.45, 2.75) is 0 Å². The van der Waals surface area contributed by atoms with Crippen LogP contribution in [0.1, 0.15) is 0 Å². The molecule has 8 nitrogen and oxygen atoms in total. The summed E-state index contributed by atoms with van der Waals surface area (Å²) >= 11 is 0. The van der Waals surface area contributed by atoms with E-state index in [-0.39, 0.29) is 11.7 Å². The molecule has 0 aliphatic rings. The van der Waals surface area contributed by atoms with Gasteiger partial charge in [0.05, 0.1) is 19.3 Å². The molecule has 0 saturated carbocycles. The van der Waals surface area contributed by atoms with Crippen molar-refractivity contribution in [1.82, 2.24) is 4.98 Å². The number of benzene rings is 2. The van der Waals surface area contributed by atoms with Gasteiger partial charge in [0.2, 0.25) is 17.5 Å². The van der Waals surface area contributed by atoms with E-state index in [0.29, 0.717) is 30.5 Å². The average molecular weight is 438 g/mol. The predicted octanol–water partition coefficient (Wildman–Crippen LogP) is 3.68. The Hall–Kier alpha value is -3.98. The van der Waals surface area contributed by atoms with Gasteiger partial charge >= 0.3 is 5.95 Å². The lowest BCUT2D eigenvalue weighted by Crippen LogP contribution is -2.33. The van der Waals surface area contributed by atoms with Gasteiger partial charge in [0.1, 0.15) is 18.6 Å². The van der Waals surface area contributed by atoms with Crippen LogP contribution >= 0.6 is 0 Å². The van der Waals surface area contributed by atoms with E-state index in [4.69, 9.17) is 9.47 Å². The predicted molar refractivity (Wildman–Crippen MR) is 121 cm³/mol. The lowest BCUT2D eigenvalue weighted by Gasteiger charge is -2.09. The minimum Gasteiger partial charge on any atom is -0.491 e. The first-order valence-corrected chi connectivity index (χ1v) is 9.84. The number of rotatable bonds is 10. The van der Waals surface area contributed by atoms with Crippen LogP contribution in [0.4, 0.5) is 33.2 Å². The summed E-state index contributed by atoms with van der Waals surface area (Å²) in [6.07, 6.45) is 2.50. The number of aromatic nitrogens is 2. The molecule has 1 aromatic heterocycles. The average Bonchev–Trinajstić information content (AvgIpc) is 2.78. The maximum absolute atomic E-state index is 14.5. The van der Waals surface area contributed by atoms with Crippen LogP contribution in [-0.2, 0) is 16.6 Å². The second-order valence-corrected chi connectivity index (χ2v) is 6.76. The van der Waals surface area contributed by atoms with Gasteiger partial charge in [0.15, 0.2) is 0 Å². The van der Waals surface area contributed by atoms with Crippen molar-refractivity contribution in [1.29, 1.82) is 0 Å². The third-order valence-electron chi connectivity index (χ3n) is 4.33. The number of hydrogen-bond acceptors (Lipinski definition) is 6. The molecule has 0 atom stereocenters. The number of methoxy groups -OCH3 is 1. The quantitative estimate of drug-likeness (QED) is 0.254. The molecule has 32 heavy (non-hydrogen) atoms. The van der Waals surface area contributed by atoms with E-state index in [9.17, 15) is 9.18 Å². The standard InChI is InChI=1S/C23H24FN5O3/c1-4-21(30)25-17-6-5-7-18(14-17)26-22-20(24)15-29(2)23(28-22)27-16-8-10-19(11-9-16)32-13-12-31-3/h4-11,14-15H,1,12-13H2,2-3H3,(H2,25,26,27,28,30)/p+1. The van der Waals surface area contributed by atoms with Crippen molar-refractivity contribution in [3.05, 3.63) is 73.2 Å². The van der Waals surface area contributed by atoms with Gasteiger partial charge in [-0.05, 0) is 53.5 Å². The Morgan fingerprint density at radius 1 is 1.12 bits per heavy atom. The van der Waals surface area contributed by atoms with Gasteiger partial charge < -0.3 is 20.1 Å². The van der Waals surface area contributed by atoms with Gasteiger partial charge in [-0.15, -0.1) is 0 Å². The SMILES string of the molecule is C=CC(=O)Nc1cccc(Nc2nc(Nc3ccc(OCCOC)cc3)[n+](C)cc2F)c1. The summed E-state index contributed by atoms with van der Waals surface area (Å²) < 4.78 is 26.6. The normalized spacial score (nSPS) is 10.3. The van der Waals surface area contributed by atoms with Gasteiger partial charge in [0, 0.05) is 18.5 Å². The molecule has 0 spiro atoms. The highest BCUT2D eigenvalue weighted by Gasteiger charge is 2.18. The molecule has 9 heteroatoms. The van der Waals surface area contributed by atoms with E-state index in [1.807, 2.05) is 24.3 Å². The Kier molecular flexibility index (Phi) is 7.71. The molecule has 0 bridgehead atoms. The molecule has 1 amide bonds. The number of carbonyl (C=O) groups excluding carboxylic acids is 1. The third kappa shape index (κ3) is 6.26. The number of ether oxygens (including phenoxy) is 2. The summed E-state index contributed by atoms with van der Waals surface area (Å²) in [5.74, 6) is 0.325. The number of halogens is 1. The number of carbonyl (C=O) groups is 1. The minimum atomic E-state index is -0.527. The number of anilines is 5. The van der Waals surface area contributed by atoms with Gasteiger partial charge in [-0.2, -0.15) is 4.39 Å². The molecule has 0 aliphatic carbocycles. The Labute approximate surface area is 185 Å². The van der Waals surface area contributed by atoms with E-state index in [1.54, 1.807) is 43.0 Å². The number of nitrogens with one attached hydrogen (secondary N) is 3. The van der Waals surface area contributed by atoms with Crippen LogP contribution in [0.3, 0.4) is 0 Å². The summed E-state index contributed by atoms with van der Waals surface area (Å²) in [5, 5.41) is 8.77. The van der Waals surface area contributed by atoms with Crippen LogP contribution in [0.15, 0.2) is 67.4 Å². The van der Waals surface area contributed by atoms with E-state index in [2.05, 4.69) is 27.5 Å². The molecule has 2 aromatic carbocycles.